The van der Waals surface area contributed by atoms with Crippen LogP contribution < -0.4 is 5.32 Å². The van der Waals surface area contributed by atoms with Gasteiger partial charge in [-0.05, 0) is 24.7 Å². The van der Waals surface area contributed by atoms with Gasteiger partial charge in [-0.15, -0.1) is 0 Å². The van der Waals surface area contributed by atoms with Crippen LogP contribution in [0.15, 0.2) is 0 Å². The fourth-order valence-electron chi connectivity index (χ4n) is 1.84. The highest BCUT2D eigenvalue weighted by molar-refractivity contribution is 5.76. The average molecular weight is 243 g/mol. The molecule has 17 heavy (non-hydrogen) atoms. The van der Waals surface area contributed by atoms with Crippen LogP contribution >= 0.6 is 0 Å². The normalized spacial score (nSPS) is 18.6. The largest absolute Gasteiger partial charge is 0.481 e. The summed E-state index contributed by atoms with van der Waals surface area (Å²) < 4.78 is 5.29. The van der Waals surface area contributed by atoms with Gasteiger partial charge in [-0.25, -0.2) is 0 Å². The molecule has 0 aliphatic carbocycles. The third-order valence-corrected chi connectivity index (χ3v) is 3.21. The van der Waals surface area contributed by atoms with Gasteiger partial charge in [0.2, 0.25) is 5.91 Å². The average Bonchev–Trinajstić information content (AvgIpc) is 2.27. The molecular weight excluding hydrogens is 222 g/mol. The molecule has 0 saturated carbocycles. The van der Waals surface area contributed by atoms with Crippen molar-refractivity contribution in [2.75, 3.05) is 19.8 Å². The lowest BCUT2D eigenvalue weighted by atomic mass is 9.82. The Balaban J connectivity index is 2.16. The van der Waals surface area contributed by atoms with Crippen LogP contribution in [0.3, 0.4) is 0 Å². The number of carbonyl (C=O) groups excluding carboxylic acids is 1. The number of rotatable bonds is 6. The van der Waals surface area contributed by atoms with E-state index in [1.165, 1.54) is 0 Å². The van der Waals surface area contributed by atoms with Gasteiger partial charge in [0, 0.05) is 32.6 Å². The molecule has 1 aliphatic rings. The van der Waals surface area contributed by atoms with Gasteiger partial charge in [-0.1, -0.05) is 6.92 Å². The van der Waals surface area contributed by atoms with E-state index in [1.807, 2.05) is 0 Å². The van der Waals surface area contributed by atoms with Crippen molar-refractivity contribution in [1.82, 2.24) is 5.32 Å². The van der Waals surface area contributed by atoms with Crippen LogP contribution in [0.4, 0.5) is 0 Å². The maximum absolute atomic E-state index is 11.5. The summed E-state index contributed by atoms with van der Waals surface area (Å²) in [6.45, 7) is 4.31. The number of aliphatic carboxylic acids is 1. The highest BCUT2D eigenvalue weighted by Crippen LogP contribution is 2.28. The zero-order valence-corrected chi connectivity index (χ0v) is 10.3. The topological polar surface area (TPSA) is 75.6 Å². The zero-order chi connectivity index (χ0) is 12.7. The molecule has 0 radical (unpaired) electrons. The molecule has 0 spiro atoms. The van der Waals surface area contributed by atoms with Crippen molar-refractivity contribution in [2.45, 2.75) is 39.0 Å². The van der Waals surface area contributed by atoms with E-state index >= 15 is 0 Å². The molecular formula is C12H21NO4. The first-order valence-corrected chi connectivity index (χ1v) is 6.08. The number of carboxylic acids is 1. The molecule has 1 saturated heterocycles. The number of carbonyl (C=O) groups is 2. The third-order valence-electron chi connectivity index (χ3n) is 3.21. The molecule has 98 valence electrons. The second-order valence-corrected chi connectivity index (χ2v) is 4.95. The quantitative estimate of drug-likeness (QED) is 0.734. The third kappa shape index (κ3) is 5.68. The van der Waals surface area contributed by atoms with Crippen molar-refractivity contribution in [3.05, 3.63) is 0 Å². The molecule has 0 aromatic rings. The Morgan fingerprint density at radius 1 is 1.29 bits per heavy atom. The van der Waals surface area contributed by atoms with Crippen LogP contribution in [0.1, 0.15) is 39.0 Å². The lowest BCUT2D eigenvalue weighted by molar-refractivity contribution is -0.137. The monoisotopic (exact) mass is 243 g/mol. The Morgan fingerprint density at radius 3 is 2.53 bits per heavy atom. The van der Waals surface area contributed by atoms with Crippen molar-refractivity contribution < 1.29 is 19.4 Å². The molecule has 1 amide bonds. The minimum absolute atomic E-state index is 0.0541. The SMILES string of the molecule is CC1(CNC(=O)CCCC(=O)O)CCOCC1. The van der Waals surface area contributed by atoms with E-state index < -0.39 is 5.97 Å². The summed E-state index contributed by atoms with van der Waals surface area (Å²) >= 11 is 0. The van der Waals surface area contributed by atoms with E-state index in [9.17, 15) is 9.59 Å². The van der Waals surface area contributed by atoms with Crippen molar-refractivity contribution in [2.24, 2.45) is 5.41 Å². The maximum Gasteiger partial charge on any atom is 0.303 e. The predicted molar refractivity (Wildman–Crippen MR) is 62.7 cm³/mol. The Labute approximate surface area is 102 Å². The van der Waals surface area contributed by atoms with Gasteiger partial charge in [0.1, 0.15) is 0 Å². The number of nitrogens with one attached hydrogen (secondary N) is 1. The molecule has 0 unspecified atom stereocenters. The number of hydrogen-bond donors (Lipinski definition) is 2. The van der Waals surface area contributed by atoms with Gasteiger partial charge in [-0.3, -0.25) is 9.59 Å². The molecule has 2 N–H and O–H groups in total. The highest BCUT2D eigenvalue weighted by Gasteiger charge is 2.27. The number of ether oxygens (including phenoxy) is 1. The molecule has 0 atom stereocenters. The molecule has 0 aromatic heterocycles. The molecule has 1 fully saturated rings. The molecule has 5 nitrogen and oxygen atoms in total. The standard InChI is InChI=1S/C12H21NO4/c1-12(5-7-17-8-6-12)9-13-10(14)3-2-4-11(15)16/h2-9H2,1H3,(H,13,14)(H,15,16). The molecule has 1 aliphatic heterocycles. The van der Waals surface area contributed by atoms with Crippen molar-refractivity contribution in [3.8, 4) is 0 Å². The van der Waals surface area contributed by atoms with Crippen LogP contribution in [-0.4, -0.2) is 36.7 Å². The first kappa shape index (κ1) is 14.0. The zero-order valence-electron chi connectivity index (χ0n) is 10.3. The molecule has 1 heterocycles. The van der Waals surface area contributed by atoms with Crippen molar-refractivity contribution in [3.63, 3.8) is 0 Å². The summed E-state index contributed by atoms with van der Waals surface area (Å²) in [7, 11) is 0. The van der Waals surface area contributed by atoms with Gasteiger partial charge < -0.3 is 15.2 Å². The van der Waals surface area contributed by atoms with Crippen LogP contribution in [0.25, 0.3) is 0 Å². The minimum atomic E-state index is -0.853. The minimum Gasteiger partial charge on any atom is -0.481 e. The summed E-state index contributed by atoms with van der Waals surface area (Å²) in [5, 5.41) is 11.3. The van der Waals surface area contributed by atoms with E-state index in [2.05, 4.69) is 12.2 Å². The molecule has 5 heteroatoms. The van der Waals surface area contributed by atoms with Gasteiger partial charge >= 0.3 is 5.97 Å². The van der Waals surface area contributed by atoms with E-state index in [-0.39, 0.29) is 17.7 Å². The highest BCUT2D eigenvalue weighted by atomic mass is 16.5. The van der Waals surface area contributed by atoms with Gasteiger partial charge in [0.25, 0.3) is 0 Å². The van der Waals surface area contributed by atoms with Gasteiger partial charge in [-0.2, -0.15) is 0 Å². The number of hydrogen-bond acceptors (Lipinski definition) is 3. The Kier molecular flexibility index (Phi) is 5.41. The summed E-state index contributed by atoms with van der Waals surface area (Å²) in [5.41, 5.74) is 0.126. The Bertz CT molecular complexity index is 272. The smallest absolute Gasteiger partial charge is 0.303 e. The second kappa shape index (κ2) is 6.59. The van der Waals surface area contributed by atoms with Gasteiger partial charge in [0.15, 0.2) is 0 Å². The van der Waals surface area contributed by atoms with Crippen molar-refractivity contribution >= 4 is 11.9 Å². The Morgan fingerprint density at radius 2 is 1.94 bits per heavy atom. The van der Waals surface area contributed by atoms with Crippen LogP contribution in [0.5, 0.6) is 0 Å². The summed E-state index contributed by atoms with van der Waals surface area (Å²) in [4.78, 5) is 21.8. The van der Waals surface area contributed by atoms with Crippen LogP contribution in [-0.2, 0) is 14.3 Å². The van der Waals surface area contributed by atoms with Crippen LogP contribution in [0, 0.1) is 5.41 Å². The summed E-state index contributed by atoms with van der Waals surface area (Å²) in [6.07, 6.45) is 2.67. The van der Waals surface area contributed by atoms with Gasteiger partial charge in [0.05, 0.1) is 0 Å². The summed E-state index contributed by atoms with van der Waals surface area (Å²) in [6, 6.07) is 0. The summed E-state index contributed by atoms with van der Waals surface area (Å²) in [5.74, 6) is -0.909. The molecule has 0 bridgehead atoms. The molecule has 1 rings (SSSR count). The first-order valence-electron chi connectivity index (χ1n) is 6.08. The van der Waals surface area contributed by atoms with E-state index in [0.717, 1.165) is 26.1 Å². The van der Waals surface area contributed by atoms with E-state index in [0.29, 0.717) is 19.4 Å². The second-order valence-electron chi connectivity index (χ2n) is 4.95. The first-order chi connectivity index (χ1) is 8.02. The lowest BCUT2D eigenvalue weighted by Crippen LogP contribution is -2.39. The van der Waals surface area contributed by atoms with E-state index in [4.69, 9.17) is 9.84 Å². The fourth-order valence-corrected chi connectivity index (χ4v) is 1.84. The van der Waals surface area contributed by atoms with Crippen LogP contribution in [0.2, 0.25) is 0 Å². The Hall–Kier alpha value is -1.10. The molecule has 0 aromatic carbocycles. The number of carboxylic acid groups (broad SMARTS) is 1. The number of amides is 1. The van der Waals surface area contributed by atoms with Crippen molar-refractivity contribution in [1.29, 1.82) is 0 Å². The maximum atomic E-state index is 11.5. The van der Waals surface area contributed by atoms with E-state index in [1.54, 1.807) is 0 Å². The lowest BCUT2D eigenvalue weighted by Gasteiger charge is -2.33. The fraction of sp³-hybridized carbons (Fsp3) is 0.833. The predicted octanol–water partition coefficient (Wildman–Crippen LogP) is 1.17.